The summed E-state index contributed by atoms with van der Waals surface area (Å²) in [6.45, 7) is 0.690. The molecule has 4 nitrogen and oxygen atoms in total. The minimum atomic E-state index is -0.156. The summed E-state index contributed by atoms with van der Waals surface area (Å²) in [4.78, 5) is 0. The van der Waals surface area contributed by atoms with Gasteiger partial charge in [-0.15, -0.1) is 0 Å². The zero-order valence-corrected chi connectivity index (χ0v) is 11.8. The molecule has 20 heavy (non-hydrogen) atoms. The Kier molecular flexibility index (Phi) is 3.94. The molecule has 2 atom stereocenters. The molecule has 1 heterocycles. The number of ether oxygens (including phenoxy) is 1. The maximum absolute atomic E-state index is 9.68. The quantitative estimate of drug-likeness (QED) is 0.901. The van der Waals surface area contributed by atoms with Crippen LogP contribution in [0.15, 0.2) is 28.7 Å². The second-order valence-corrected chi connectivity index (χ2v) is 5.49. The number of furan rings is 1. The summed E-state index contributed by atoms with van der Waals surface area (Å²) in [5.41, 5.74) is 0.801. The van der Waals surface area contributed by atoms with Crippen LogP contribution < -0.4 is 10.1 Å². The highest BCUT2D eigenvalue weighted by Crippen LogP contribution is 2.28. The van der Waals surface area contributed by atoms with Gasteiger partial charge >= 0.3 is 0 Å². The third kappa shape index (κ3) is 2.81. The number of benzene rings is 1. The summed E-state index contributed by atoms with van der Waals surface area (Å²) in [6, 6.07) is 8.32. The van der Waals surface area contributed by atoms with Crippen molar-refractivity contribution in [2.75, 3.05) is 7.11 Å². The average molecular weight is 275 g/mol. The third-order valence-corrected chi connectivity index (χ3v) is 3.99. The molecule has 108 valence electrons. The zero-order valence-electron chi connectivity index (χ0n) is 11.8. The van der Waals surface area contributed by atoms with Gasteiger partial charge in [0.1, 0.15) is 5.76 Å². The van der Waals surface area contributed by atoms with Crippen LogP contribution in [-0.4, -0.2) is 24.4 Å². The molecule has 0 saturated heterocycles. The Balaban J connectivity index is 1.68. The van der Waals surface area contributed by atoms with Crippen LogP contribution in [0.2, 0.25) is 0 Å². The molecule has 3 rings (SSSR count). The van der Waals surface area contributed by atoms with Gasteiger partial charge in [-0.1, -0.05) is 12.1 Å². The lowest BCUT2D eigenvalue weighted by atomic mass is 9.93. The average Bonchev–Trinajstić information content (AvgIpc) is 2.88. The smallest absolute Gasteiger partial charge is 0.176 e. The Bertz CT molecular complexity index is 578. The Hall–Kier alpha value is -1.52. The number of methoxy groups -OCH3 is 1. The number of hydrogen-bond acceptors (Lipinski definition) is 4. The summed E-state index contributed by atoms with van der Waals surface area (Å²) in [5.74, 6) is 1.67. The number of para-hydroxylation sites is 1. The summed E-state index contributed by atoms with van der Waals surface area (Å²) in [6.07, 6.45) is 3.83. The van der Waals surface area contributed by atoms with E-state index in [1.165, 1.54) is 0 Å². The van der Waals surface area contributed by atoms with Crippen molar-refractivity contribution in [3.8, 4) is 5.75 Å². The first kappa shape index (κ1) is 13.5. The van der Waals surface area contributed by atoms with E-state index in [0.29, 0.717) is 12.6 Å². The number of hydrogen-bond donors (Lipinski definition) is 2. The standard InChI is InChI=1S/C16H21NO3/c1-19-15-7-2-4-11-8-14(20-16(11)15)10-17-12-5-3-6-13(18)9-12/h2,4,7-8,12-13,17-18H,3,5-6,9-10H2,1H3. The monoisotopic (exact) mass is 275 g/mol. The molecule has 1 aromatic heterocycles. The van der Waals surface area contributed by atoms with Gasteiger partial charge < -0.3 is 19.6 Å². The molecule has 1 fully saturated rings. The lowest BCUT2D eigenvalue weighted by Gasteiger charge is -2.26. The van der Waals surface area contributed by atoms with E-state index in [1.54, 1.807) is 7.11 Å². The SMILES string of the molecule is COc1cccc2cc(CNC3CCCC(O)C3)oc12. The molecule has 0 radical (unpaired) electrons. The van der Waals surface area contributed by atoms with E-state index in [4.69, 9.17) is 9.15 Å². The zero-order chi connectivity index (χ0) is 13.9. The van der Waals surface area contributed by atoms with E-state index in [-0.39, 0.29) is 6.10 Å². The number of aliphatic hydroxyl groups is 1. The first-order chi connectivity index (χ1) is 9.76. The maximum atomic E-state index is 9.68. The predicted octanol–water partition coefficient (Wildman–Crippen LogP) is 2.83. The van der Waals surface area contributed by atoms with Crippen LogP contribution in [0.1, 0.15) is 31.4 Å². The molecular formula is C16H21NO3. The lowest BCUT2D eigenvalue weighted by molar-refractivity contribution is 0.111. The lowest BCUT2D eigenvalue weighted by Crippen LogP contribution is -2.35. The Morgan fingerprint density at radius 1 is 1.40 bits per heavy atom. The first-order valence-electron chi connectivity index (χ1n) is 7.23. The van der Waals surface area contributed by atoms with Crippen molar-refractivity contribution >= 4 is 11.0 Å². The van der Waals surface area contributed by atoms with E-state index in [2.05, 4.69) is 5.32 Å². The molecule has 2 N–H and O–H groups in total. The number of aliphatic hydroxyl groups excluding tert-OH is 1. The fraction of sp³-hybridized carbons (Fsp3) is 0.500. The highest BCUT2D eigenvalue weighted by atomic mass is 16.5. The van der Waals surface area contributed by atoms with Crippen molar-refractivity contribution in [2.24, 2.45) is 0 Å². The van der Waals surface area contributed by atoms with E-state index in [0.717, 1.165) is 48.2 Å². The van der Waals surface area contributed by atoms with Crippen LogP contribution in [0.3, 0.4) is 0 Å². The largest absolute Gasteiger partial charge is 0.493 e. The fourth-order valence-corrected chi connectivity index (χ4v) is 2.93. The minimum Gasteiger partial charge on any atom is -0.493 e. The molecule has 0 amide bonds. The van der Waals surface area contributed by atoms with Crippen LogP contribution in [-0.2, 0) is 6.54 Å². The molecule has 2 unspecified atom stereocenters. The molecule has 4 heteroatoms. The maximum Gasteiger partial charge on any atom is 0.176 e. The Morgan fingerprint density at radius 3 is 3.10 bits per heavy atom. The van der Waals surface area contributed by atoms with Gasteiger partial charge in [0, 0.05) is 11.4 Å². The van der Waals surface area contributed by atoms with Crippen molar-refractivity contribution in [1.29, 1.82) is 0 Å². The highest BCUT2D eigenvalue weighted by Gasteiger charge is 2.20. The first-order valence-corrected chi connectivity index (χ1v) is 7.23. The van der Waals surface area contributed by atoms with Gasteiger partial charge in [-0.3, -0.25) is 0 Å². The van der Waals surface area contributed by atoms with Crippen molar-refractivity contribution in [3.63, 3.8) is 0 Å². The molecule has 0 spiro atoms. The summed E-state index contributed by atoms with van der Waals surface area (Å²) >= 11 is 0. The highest BCUT2D eigenvalue weighted by molar-refractivity contribution is 5.83. The summed E-state index contributed by atoms with van der Waals surface area (Å²) < 4.78 is 11.2. The topological polar surface area (TPSA) is 54.6 Å². The molecule has 1 saturated carbocycles. The van der Waals surface area contributed by atoms with Gasteiger partial charge in [-0.25, -0.2) is 0 Å². The van der Waals surface area contributed by atoms with E-state index in [1.807, 2.05) is 24.3 Å². The molecule has 0 aliphatic heterocycles. The molecule has 2 aromatic rings. The Morgan fingerprint density at radius 2 is 2.30 bits per heavy atom. The summed E-state index contributed by atoms with van der Waals surface area (Å²) in [7, 11) is 1.65. The normalized spacial score (nSPS) is 23.1. The number of rotatable bonds is 4. The van der Waals surface area contributed by atoms with Crippen LogP contribution in [0.5, 0.6) is 5.75 Å². The summed E-state index contributed by atoms with van der Waals surface area (Å²) in [5, 5.41) is 14.2. The van der Waals surface area contributed by atoms with E-state index in [9.17, 15) is 5.11 Å². The van der Waals surface area contributed by atoms with Gasteiger partial charge in [0.2, 0.25) is 0 Å². The van der Waals surface area contributed by atoms with Crippen LogP contribution >= 0.6 is 0 Å². The number of fused-ring (bicyclic) bond motifs is 1. The Labute approximate surface area is 118 Å². The molecule has 1 aliphatic rings. The molecule has 0 bridgehead atoms. The van der Waals surface area contributed by atoms with Crippen LogP contribution in [0, 0.1) is 0 Å². The van der Waals surface area contributed by atoms with Crippen molar-refractivity contribution in [3.05, 3.63) is 30.0 Å². The predicted molar refractivity (Wildman–Crippen MR) is 77.9 cm³/mol. The van der Waals surface area contributed by atoms with Gasteiger partial charge in [-0.05, 0) is 37.8 Å². The van der Waals surface area contributed by atoms with E-state index >= 15 is 0 Å². The van der Waals surface area contributed by atoms with Crippen LogP contribution in [0.25, 0.3) is 11.0 Å². The van der Waals surface area contributed by atoms with Gasteiger partial charge in [0.15, 0.2) is 11.3 Å². The van der Waals surface area contributed by atoms with Gasteiger partial charge in [-0.2, -0.15) is 0 Å². The molecule has 1 aromatic carbocycles. The van der Waals surface area contributed by atoms with Crippen LogP contribution in [0.4, 0.5) is 0 Å². The third-order valence-electron chi connectivity index (χ3n) is 3.99. The van der Waals surface area contributed by atoms with E-state index < -0.39 is 0 Å². The van der Waals surface area contributed by atoms with Gasteiger partial charge in [0.25, 0.3) is 0 Å². The fourth-order valence-electron chi connectivity index (χ4n) is 2.93. The number of nitrogens with one attached hydrogen (secondary N) is 1. The van der Waals surface area contributed by atoms with Crippen molar-refractivity contribution in [2.45, 2.75) is 44.4 Å². The van der Waals surface area contributed by atoms with Crippen molar-refractivity contribution < 1.29 is 14.3 Å². The molecule has 1 aliphatic carbocycles. The van der Waals surface area contributed by atoms with Crippen molar-refractivity contribution in [1.82, 2.24) is 5.32 Å². The second kappa shape index (κ2) is 5.85. The minimum absolute atomic E-state index is 0.156. The molecular weight excluding hydrogens is 254 g/mol. The second-order valence-electron chi connectivity index (χ2n) is 5.49. The van der Waals surface area contributed by atoms with Gasteiger partial charge in [0.05, 0.1) is 19.8 Å².